The second kappa shape index (κ2) is 5.89. The fraction of sp³-hybridized carbons (Fsp3) is 0.267. The highest BCUT2D eigenvalue weighted by molar-refractivity contribution is 5.32. The van der Waals surface area contributed by atoms with Crippen molar-refractivity contribution in [2.24, 2.45) is 0 Å². The Balaban J connectivity index is 2.44. The third-order valence-electron chi connectivity index (χ3n) is 2.88. The molecule has 2 nitrogen and oxygen atoms in total. The van der Waals surface area contributed by atoms with Gasteiger partial charge in [0.1, 0.15) is 11.6 Å². The predicted octanol–water partition coefficient (Wildman–Crippen LogP) is 3.37. The molecule has 1 unspecified atom stereocenters. The molecule has 2 aromatic rings. The molecule has 0 amide bonds. The molecule has 0 aliphatic rings. The van der Waals surface area contributed by atoms with Crippen molar-refractivity contribution < 1.29 is 8.78 Å². The third kappa shape index (κ3) is 3.35. The number of aryl methyl sites for hydroxylation is 1. The Morgan fingerprint density at radius 3 is 2.37 bits per heavy atom. The van der Waals surface area contributed by atoms with E-state index in [4.69, 9.17) is 0 Å². The van der Waals surface area contributed by atoms with Crippen LogP contribution in [0.15, 0.2) is 36.5 Å². The maximum absolute atomic E-state index is 13.3. The zero-order valence-corrected chi connectivity index (χ0v) is 11.0. The van der Waals surface area contributed by atoms with Gasteiger partial charge in [-0.05, 0) is 48.9 Å². The van der Waals surface area contributed by atoms with Gasteiger partial charge in [0.2, 0.25) is 0 Å². The second-order valence-electron chi connectivity index (χ2n) is 4.42. The van der Waals surface area contributed by atoms with Crippen molar-refractivity contribution in [1.29, 1.82) is 0 Å². The molecule has 2 rings (SSSR count). The summed E-state index contributed by atoms with van der Waals surface area (Å²) in [4.78, 5) is 4.14. The molecule has 0 spiro atoms. The number of aromatic nitrogens is 1. The summed E-state index contributed by atoms with van der Waals surface area (Å²) in [5.41, 5.74) is 2.39. The SMILES string of the molecule is CCNC(c1cc(F)cc(F)c1)c1ccnc(C)c1. The summed E-state index contributed by atoms with van der Waals surface area (Å²) in [5.74, 6) is -1.13. The maximum Gasteiger partial charge on any atom is 0.126 e. The van der Waals surface area contributed by atoms with E-state index in [1.54, 1.807) is 6.20 Å². The lowest BCUT2D eigenvalue weighted by Crippen LogP contribution is -2.22. The Morgan fingerprint density at radius 1 is 1.11 bits per heavy atom. The van der Waals surface area contributed by atoms with Crippen molar-refractivity contribution in [2.45, 2.75) is 19.9 Å². The molecule has 1 N–H and O–H groups in total. The first-order valence-corrected chi connectivity index (χ1v) is 6.22. The normalized spacial score (nSPS) is 12.4. The Morgan fingerprint density at radius 2 is 1.79 bits per heavy atom. The van der Waals surface area contributed by atoms with Crippen LogP contribution in [0.3, 0.4) is 0 Å². The van der Waals surface area contributed by atoms with Crippen LogP contribution in [0, 0.1) is 18.6 Å². The molecule has 1 aromatic heterocycles. The molecule has 1 aromatic carbocycles. The van der Waals surface area contributed by atoms with Gasteiger partial charge in [-0.2, -0.15) is 0 Å². The number of nitrogens with zero attached hydrogens (tertiary/aromatic N) is 1. The van der Waals surface area contributed by atoms with Crippen molar-refractivity contribution in [3.8, 4) is 0 Å². The summed E-state index contributed by atoms with van der Waals surface area (Å²) in [6, 6.07) is 7.11. The minimum Gasteiger partial charge on any atom is -0.307 e. The van der Waals surface area contributed by atoms with Gasteiger partial charge in [-0.15, -0.1) is 0 Å². The first kappa shape index (κ1) is 13.6. The van der Waals surface area contributed by atoms with Crippen molar-refractivity contribution in [2.75, 3.05) is 6.54 Å². The molecule has 0 saturated heterocycles. The minimum absolute atomic E-state index is 0.239. The van der Waals surface area contributed by atoms with E-state index in [1.165, 1.54) is 12.1 Å². The summed E-state index contributed by atoms with van der Waals surface area (Å²) in [6.07, 6.45) is 1.70. The minimum atomic E-state index is -0.566. The molecule has 4 heteroatoms. The summed E-state index contributed by atoms with van der Waals surface area (Å²) in [6.45, 7) is 4.54. The maximum atomic E-state index is 13.3. The van der Waals surface area contributed by atoms with Crippen LogP contribution in [-0.2, 0) is 0 Å². The zero-order chi connectivity index (χ0) is 13.8. The van der Waals surface area contributed by atoms with Crippen LogP contribution < -0.4 is 5.32 Å². The third-order valence-corrected chi connectivity index (χ3v) is 2.88. The fourth-order valence-electron chi connectivity index (χ4n) is 2.12. The van der Waals surface area contributed by atoms with Gasteiger partial charge in [0.25, 0.3) is 0 Å². The van der Waals surface area contributed by atoms with Crippen LogP contribution in [0.5, 0.6) is 0 Å². The first-order chi connectivity index (χ1) is 9.10. The molecule has 0 aliphatic heterocycles. The van der Waals surface area contributed by atoms with E-state index in [0.717, 1.165) is 17.3 Å². The number of hydrogen-bond donors (Lipinski definition) is 1. The highest BCUT2D eigenvalue weighted by atomic mass is 19.1. The largest absolute Gasteiger partial charge is 0.307 e. The number of rotatable bonds is 4. The molecule has 0 saturated carbocycles. The van der Waals surface area contributed by atoms with E-state index in [-0.39, 0.29) is 6.04 Å². The van der Waals surface area contributed by atoms with E-state index in [1.807, 2.05) is 26.0 Å². The van der Waals surface area contributed by atoms with Crippen molar-refractivity contribution >= 4 is 0 Å². The van der Waals surface area contributed by atoms with Gasteiger partial charge in [0.15, 0.2) is 0 Å². The lowest BCUT2D eigenvalue weighted by atomic mass is 9.98. The molecule has 0 bridgehead atoms. The standard InChI is InChI=1S/C15H16F2N2/c1-3-18-15(11-4-5-19-10(2)6-11)12-7-13(16)9-14(17)8-12/h4-9,15,18H,3H2,1-2H3. The Hall–Kier alpha value is -1.81. The summed E-state index contributed by atoms with van der Waals surface area (Å²) >= 11 is 0. The molecular formula is C15H16F2N2. The average Bonchev–Trinajstić information content (AvgIpc) is 2.34. The summed E-state index contributed by atoms with van der Waals surface area (Å²) in [7, 11) is 0. The highest BCUT2D eigenvalue weighted by Gasteiger charge is 2.15. The van der Waals surface area contributed by atoms with Crippen LogP contribution in [0.2, 0.25) is 0 Å². The Kier molecular flexibility index (Phi) is 4.22. The molecular weight excluding hydrogens is 246 g/mol. The van der Waals surface area contributed by atoms with Crippen molar-refractivity contribution in [1.82, 2.24) is 10.3 Å². The van der Waals surface area contributed by atoms with Gasteiger partial charge in [0.05, 0.1) is 6.04 Å². The highest BCUT2D eigenvalue weighted by Crippen LogP contribution is 2.23. The molecule has 1 heterocycles. The smallest absolute Gasteiger partial charge is 0.126 e. The number of nitrogens with one attached hydrogen (secondary N) is 1. The topological polar surface area (TPSA) is 24.9 Å². The van der Waals surface area contributed by atoms with Crippen LogP contribution in [0.1, 0.15) is 29.8 Å². The van der Waals surface area contributed by atoms with Gasteiger partial charge in [0, 0.05) is 18.0 Å². The molecule has 0 radical (unpaired) electrons. The van der Waals surface area contributed by atoms with E-state index in [9.17, 15) is 8.78 Å². The van der Waals surface area contributed by atoms with E-state index in [0.29, 0.717) is 12.1 Å². The molecule has 100 valence electrons. The fourth-order valence-corrected chi connectivity index (χ4v) is 2.12. The first-order valence-electron chi connectivity index (χ1n) is 6.22. The van der Waals surface area contributed by atoms with Crippen molar-refractivity contribution in [3.05, 3.63) is 65.0 Å². The van der Waals surface area contributed by atoms with Crippen LogP contribution in [0.25, 0.3) is 0 Å². The number of halogens is 2. The number of benzene rings is 1. The molecule has 1 atom stereocenters. The van der Waals surface area contributed by atoms with Gasteiger partial charge >= 0.3 is 0 Å². The van der Waals surface area contributed by atoms with Gasteiger partial charge in [-0.3, -0.25) is 4.98 Å². The van der Waals surface area contributed by atoms with Crippen LogP contribution in [0.4, 0.5) is 8.78 Å². The van der Waals surface area contributed by atoms with E-state index in [2.05, 4.69) is 10.3 Å². The van der Waals surface area contributed by atoms with Gasteiger partial charge in [-0.1, -0.05) is 6.92 Å². The lowest BCUT2D eigenvalue weighted by molar-refractivity contribution is 0.565. The van der Waals surface area contributed by atoms with Crippen LogP contribution in [-0.4, -0.2) is 11.5 Å². The summed E-state index contributed by atoms with van der Waals surface area (Å²) in [5, 5.41) is 3.24. The number of hydrogen-bond acceptors (Lipinski definition) is 2. The quantitative estimate of drug-likeness (QED) is 0.913. The van der Waals surface area contributed by atoms with E-state index >= 15 is 0 Å². The molecule has 0 aliphatic carbocycles. The monoisotopic (exact) mass is 262 g/mol. The molecule has 19 heavy (non-hydrogen) atoms. The van der Waals surface area contributed by atoms with Crippen LogP contribution >= 0.6 is 0 Å². The summed E-state index contributed by atoms with van der Waals surface area (Å²) < 4.78 is 26.7. The van der Waals surface area contributed by atoms with Gasteiger partial charge < -0.3 is 5.32 Å². The van der Waals surface area contributed by atoms with E-state index < -0.39 is 11.6 Å². The predicted molar refractivity (Wildman–Crippen MR) is 70.9 cm³/mol. The lowest BCUT2D eigenvalue weighted by Gasteiger charge is -2.19. The van der Waals surface area contributed by atoms with Gasteiger partial charge in [-0.25, -0.2) is 8.78 Å². The second-order valence-corrected chi connectivity index (χ2v) is 4.42. The zero-order valence-electron chi connectivity index (χ0n) is 11.0. The van der Waals surface area contributed by atoms with Crippen molar-refractivity contribution in [3.63, 3.8) is 0 Å². The molecule has 0 fully saturated rings. The average molecular weight is 262 g/mol. The Labute approximate surface area is 111 Å². The Bertz CT molecular complexity index is 550. The number of pyridine rings is 1.